The maximum Gasteiger partial charge on any atom is 0.163 e. The molecule has 0 fully saturated rings. The lowest BCUT2D eigenvalue weighted by Crippen LogP contribution is -2.31. The van der Waals surface area contributed by atoms with E-state index in [9.17, 15) is 4.79 Å². The van der Waals surface area contributed by atoms with Crippen LogP contribution in [0.2, 0.25) is 0 Å². The molecule has 1 aliphatic carbocycles. The zero-order chi connectivity index (χ0) is 18.5. The van der Waals surface area contributed by atoms with Gasteiger partial charge in [-0.1, -0.05) is 19.9 Å². The van der Waals surface area contributed by atoms with Crippen LogP contribution in [0.4, 0.5) is 11.4 Å². The Bertz CT molecular complexity index is 912. The van der Waals surface area contributed by atoms with Crippen molar-refractivity contribution in [2.45, 2.75) is 46.6 Å². The van der Waals surface area contributed by atoms with Crippen LogP contribution in [0.25, 0.3) is 0 Å². The quantitative estimate of drug-likeness (QED) is 0.769. The van der Waals surface area contributed by atoms with Gasteiger partial charge >= 0.3 is 0 Å². The molecule has 2 N–H and O–H groups in total. The normalized spacial score (nSPS) is 21.2. The second-order valence-electron chi connectivity index (χ2n) is 8.27. The molecule has 0 unspecified atom stereocenters. The summed E-state index contributed by atoms with van der Waals surface area (Å²) in [5.74, 6) is 0.202. The van der Waals surface area contributed by atoms with Crippen LogP contribution in [-0.4, -0.2) is 10.8 Å². The van der Waals surface area contributed by atoms with Gasteiger partial charge in [0.15, 0.2) is 5.78 Å². The van der Waals surface area contributed by atoms with Crippen molar-refractivity contribution >= 4 is 17.2 Å². The molecular weight excluding hydrogens is 322 g/mol. The minimum absolute atomic E-state index is 0.0399. The Morgan fingerprint density at radius 2 is 1.81 bits per heavy atom. The number of hydrogen-bond donors (Lipinski definition) is 2. The number of carbonyl (C=O) groups excluding carboxylic acids is 1. The Morgan fingerprint density at radius 3 is 2.50 bits per heavy atom. The zero-order valence-electron chi connectivity index (χ0n) is 15.8. The molecule has 0 radical (unpaired) electrons. The summed E-state index contributed by atoms with van der Waals surface area (Å²) in [6.45, 7) is 8.54. The topological polar surface area (TPSA) is 54.0 Å². The fourth-order valence-corrected chi connectivity index (χ4v) is 3.98. The Balaban J connectivity index is 1.91. The minimum Gasteiger partial charge on any atom is -0.371 e. The number of benzene rings is 1. The van der Waals surface area contributed by atoms with Crippen LogP contribution in [0.5, 0.6) is 0 Å². The molecule has 0 bridgehead atoms. The van der Waals surface area contributed by atoms with Gasteiger partial charge in [0, 0.05) is 23.9 Å². The number of anilines is 2. The first-order valence-electron chi connectivity index (χ1n) is 9.16. The molecule has 2 aliphatic rings. The van der Waals surface area contributed by atoms with Gasteiger partial charge in [0.25, 0.3) is 0 Å². The number of rotatable bonds is 1. The number of pyridine rings is 1. The van der Waals surface area contributed by atoms with E-state index in [2.05, 4.69) is 55.4 Å². The summed E-state index contributed by atoms with van der Waals surface area (Å²) in [5, 5.41) is 7.18. The molecule has 1 atom stereocenters. The Morgan fingerprint density at radius 1 is 1.08 bits per heavy atom. The molecule has 1 aliphatic heterocycles. The summed E-state index contributed by atoms with van der Waals surface area (Å²) in [4.78, 5) is 17.6. The number of Topliss-reactive ketones (excluding diaryl/α,β-unsaturated/α-hetero) is 1. The van der Waals surface area contributed by atoms with E-state index < -0.39 is 0 Å². The predicted molar refractivity (Wildman–Crippen MR) is 105 cm³/mol. The number of allylic oxidation sites excluding steroid dienone is 1. The van der Waals surface area contributed by atoms with Gasteiger partial charge in [0.1, 0.15) is 0 Å². The summed E-state index contributed by atoms with van der Waals surface area (Å²) < 4.78 is 0. The first-order chi connectivity index (χ1) is 12.3. The number of carbonyl (C=O) groups is 1. The highest BCUT2D eigenvalue weighted by Crippen LogP contribution is 2.45. The maximum atomic E-state index is 13.1. The van der Waals surface area contributed by atoms with E-state index in [0.29, 0.717) is 6.42 Å². The van der Waals surface area contributed by atoms with E-state index in [-0.39, 0.29) is 17.2 Å². The molecule has 1 aromatic carbocycles. The maximum absolute atomic E-state index is 13.1. The van der Waals surface area contributed by atoms with E-state index in [1.54, 1.807) is 6.20 Å². The van der Waals surface area contributed by atoms with Crippen molar-refractivity contribution in [3.05, 3.63) is 64.6 Å². The molecule has 26 heavy (non-hydrogen) atoms. The van der Waals surface area contributed by atoms with Gasteiger partial charge in [0.2, 0.25) is 0 Å². The van der Waals surface area contributed by atoms with Crippen molar-refractivity contribution in [1.29, 1.82) is 0 Å². The predicted octanol–water partition coefficient (Wildman–Crippen LogP) is 4.92. The van der Waals surface area contributed by atoms with Gasteiger partial charge in [-0.15, -0.1) is 0 Å². The highest BCUT2D eigenvalue weighted by Gasteiger charge is 2.39. The lowest BCUT2D eigenvalue weighted by molar-refractivity contribution is -0.118. The highest BCUT2D eigenvalue weighted by molar-refractivity contribution is 6.01. The number of ketones is 1. The lowest BCUT2D eigenvalue weighted by Gasteiger charge is -2.33. The van der Waals surface area contributed by atoms with E-state index >= 15 is 0 Å². The number of aromatic nitrogens is 1. The Hall–Kier alpha value is -2.62. The summed E-state index contributed by atoms with van der Waals surface area (Å²) >= 11 is 0. The van der Waals surface area contributed by atoms with Gasteiger partial charge in [-0.25, -0.2) is 0 Å². The van der Waals surface area contributed by atoms with Crippen molar-refractivity contribution in [2.75, 3.05) is 10.6 Å². The lowest BCUT2D eigenvalue weighted by atomic mass is 9.74. The Kier molecular flexibility index (Phi) is 3.87. The van der Waals surface area contributed by atoms with Crippen LogP contribution in [-0.2, 0) is 4.79 Å². The largest absolute Gasteiger partial charge is 0.371 e. The summed E-state index contributed by atoms with van der Waals surface area (Å²) in [6.07, 6.45) is 3.20. The van der Waals surface area contributed by atoms with Gasteiger partial charge < -0.3 is 10.6 Å². The molecule has 4 nitrogen and oxygen atoms in total. The summed E-state index contributed by atoms with van der Waals surface area (Å²) in [6, 6.07) is 9.95. The second kappa shape index (κ2) is 5.97. The second-order valence-corrected chi connectivity index (χ2v) is 8.27. The average molecular weight is 347 g/mol. The molecule has 0 amide bonds. The van der Waals surface area contributed by atoms with Gasteiger partial charge in [-0.2, -0.15) is 0 Å². The number of nitrogens with one attached hydrogen (secondary N) is 2. The minimum atomic E-state index is -0.231. The van der Waals surface area contributed by atoms with Crippen molar-refractivity contribution in [1.82, 2.24) is 4.98 Å². The molecule has 134 valence electrons. The van der Waals surface area contributed by atoms with Crippen LogP contribution in [0.3, 0.4) is 0 Å². The Labute approximate surface area is 154 Å². The van der Waals surface area contributed by atoms with Crippen LogP contribution in [0.15, 0.2) is 47.8 Å². The van der Waals surface area contributed by atoms with Gasteiger partial charge in [-0.3, -0.25) is 9.78 Å². The van der Waals surface area contributed by atoms with Gasteiger partial charge in [-0.05, 0) is 61.1 Å². The van der Waals surface area contributed by atoms with Crippen LogP contribution < -0.4 is 10.6 Å². The van der Waals surface area contributed by atoms with Gasteiger partial charge in [0.05, 0.1) is 23.1 Å². The smallest absolute Gasteiger partial charge is 0.163 e. The summed E-state index contributed by atoms with van der Waals surface area (Å²) in [7, 11) is 0. The molecule has 0 spiro atoms. The fraction of sp³-hybridized carbons (Fsp3) is 0.364. The van der Waals surface area contributed by atoms with Crippen molar-refractivity contribution < 1.29 is 4.79 Å². The van der Waals surface area contributed by atoms with E-state index in [1.165, 1.54) is 11.1 Å². The SMILES string of the molecule is Cc1cc2c(cc1C)N[C@@H](c1ccccn1)C1=C(CC(C)(C)CC1=O)N2. The van der Waals surface area contributed by atoms with E-state index in [4.69, 9.17) is 0 Å². The monoisotopic (exact) mass is 347 g/mol. The third-order valence-electron chi connectivity index (χ3n) is 5.41. The number of fused-ring (bicyclic) bond motifs is 1. The third kappa shape index (κ3) is 2.90. The van der Waals surface area contributed by atoms with Crippen LogP contribution in [0, 0.1) is 19.3 Å². The number of nitrogens with zero attached hydrogens (tertiary/aromatic N) is 1. The van der Waals surface area contributed by atoms with E-state index in [0.717, 1.165) is 34.8 Å². The molecule has 1 aromatic heterocycles. The zero-order valence-corrected chi connectivity index (χ0v) is 15.8. The average Bonchev–Trinajstić information content (AvgIpc) is 2.72. The van der Waals surface area contributed by atoms with Crippen molar-refractivity contribution in [2.24, 2.45) is 5.41 Å². The molecular formula is C22H25N3O. The fourth-order valence-electron chi connectivity index (χ4n) is 3.98. The first-order valence-corrected chi connectivity index (χ1v) is 9.16. The molecule has 4 heteroatoms. The van der Waals surface area contributed by atoms with Crippen molar-refractivity contribution in [3.8, 4) is 0 Å². The molecule has 4 rings (SSSR count). The summed E-state index contributed by atoms with van der Waals surface area (Å²) in [5.41, 5.74) is 7.20. The van der Waals surface area contributed by atoms with Crippen molar-refractivity contribution in [3.63, 3.8) is 0 Å². The highest BCUT2D eigenvalue weighted by atomic mass is 16.1. The molecule has 0 saturated carbocycles. The third-order valence-corrected chi connectivity index (χ3v) is 5.41. The van der Waals surface area contributed by atoms with Crippen LogP contribution >= 0.6 is 0 Å². The van der Waals surface area contributed by atoms with Crippen LogP contribution in [0.1, 0.15) is 49.6 Å². The van der Waals surface area contributed by atoms with E-state index in [1.807, 2.05) is 18.2 Å². The standard InChI is InChI=1S/C22H25N3O/c1-13-9-16-17(10-14(13)2)25-21(15-7-5-6-8-23-15)20-18(24-16)11-22(3,4)12-19(20)26/h5-10,21,24-25H,11-12H2,1-4H3/t21-/m0/s1. The molecule has 2 aromatic rings. The number of hydrogen-bond acceptors (Lipinski definition) is 4. The first kappa shape index (κ1) is 16.8. The molecule has 2 heterocycles. The molecule has 0 saturated heterocycles. The number of aryl methyl sites for hydroxylation is 2.